The van der Waals surface area contributed by atoms with E-state index in [2.05, 4.69) is 93.5 Å². The number of hydrogen-bond acceptors (Lipinski definition) is 0. The zero-order chi connectivity index (χ0) is 20.6. The quantitative estimate of drug-likeness (QED) is 0.246. The van der Waals surface area contributed by atoms with Crippen LogP contribution in [0, 0.1) is 0 Å². The van der Waals surface area contributed by atoms with E-state index in [1.54, 1.807) is 5.31 Å². The molecule has 2 atom stereocenters. The molecule has 146 valence electrons. The summed E-state index contributed by atoms with van der Waals surface area (Å²) in [7, 11) is 0.0651. The standard InChI is InChI=1S/C27H28P2/c1-5-6-7-16-23(4)29(26-19-12-9-15-22(26)3)27-20-13-11-18-25(27)28-24-17-10-8-14-21(24)2/h5-9,11,13-16,18,20,28H,1,10,17H2,2-4H3/b7-6-,23-16+. The van der Waals surface area contributed by atoms with E-state index in [0.717, 1.165) is 15.0 Å². The van der Waals surface area contributed by atoms with E-state index in [1.165, 1.54) is 38.8 Å². The Balaban J connectivity index is 2.11. The van der Waals surface area contributed by atoms with Gasteiger partial charge in [-0.3, -0.25) is 0 Å². The van der Waals surface area contributed by atoms with Gasteiger partial charge < -0.3 is 0 Å². The first-order chi connectivity index (χ1) is 14.1. The maximum Gasteiger partial charge on any atom is 0.0374 e. The van der Waals surface area contributed by atoms with E-state index < -0.39 is 7.92 Å². The second kappa shape index (κ2) is 10.6. The van der Waals surface area contributed by atoms with Crippen molar-refractivity contribution in [3.63, 3.8) is 0 Å². The van der Waals surface area contributed by atoms with Gasteiger partial charge in [0.15, 0.2) is 0 Å². The summed E-state index contributed by atoms with van der Waals surface area (Å²) >= 11 is 0. The molecule has 0 amide bonds. The molecule has 0 saturated carbocycles. The van der Waals surface area contributed by atoms with Gasteiger partial charge in [0.1, 0.15) is 0 Å². The number of allylic oxidation sites excluding steroid dienone is 13. The molecule has 0 aliphatic heterocycles. The van der Waals surface area contributed by atoms with Crippen LogP contribution in [0.2, 0.25) is 0 Å². The molecule has 2 heteroatoms. The molecule has 3 rings (SSSR count). The van der Waals surface area contributed by atoms with Crippen LogP contribution in [0.1, 0.15) is 33.6 Å². The highest BCUT2D eigenvalue weighted by Crippen LogP contribution is 2.54. The van der Waals surface area contributed by atoms with E-state index >= 15 is 0 Å². The molecule has 0 nitrogen and oxygen atoms in total. The minimum absolute atomic E-state index is 0.656. The molecule has 0 saturated heterocycles. The summed E-state index contributed by atoms with van der Waals surface area (Å²) in [4.78, 5) is 0. The van der Waals surface area contributed by atoms with E-state index in [4.69, 9.17) is 0 Å². The van der Waals surface area contributed by atoms with Crippen molar-refractivity contribution < 1.29 is 0 Å². The van der Waals surface area contributed by atoms with Crippen molar-refractivity contribution in [3.8, 4) is 0 Å². The van der Waals surface area contributed by atoms with Crippen LogP contribution < -0.4 is 10.6 Å². The number of hydrogen-bond donors (Lipinski definition) is 0. The van der Waals surface area contributed by atoms with Gasteiger partial charge in [-0.2, -0.15) is 0 Å². The summed E-state index contributed by atoms with van der Waals surface area (Å²) in [5, 5.41) is 7.12. The van der Waals surface area contributed by atoms with Crippen LogP contribution in [0.15, 0.2) is 118 Å². The van der Waals surface area contributed by atoms with Gasteiger partial charge in [0, 0.05) is 5.31 Å². The van der Waals surface area contributed by atoms with Crippen molar-refractivity contribution in [2.24, 2.45) is 0 Å². The zero-order valence-electron chi connectivity index (χ0n) is 17.5. The summed E-state index contributed by atoms with van der Waals surface area (Å²) in [6, 6.07) is 8.99. The van der Waals surface area contributed by atoms with Crippen molar-refractivity contribution in [3.05, 3.63) is 118 Å². The van der Waals surface area contributed by atoms with Gasteiger partial charge in [0.2, 0.25) is 0 Å². The predicted octanol–water partition coefficient (Wildman–Crippen LogP) is 7.52. The predicted molar refractivity (Wildman–Crippen MR) is 134 cm³/mol. The fraction of sp³-hybridized carbons (Fsp3) is 0.185. The molecule has 0 heterocycles. The lowest BCUT2D eigenvalue weighted by molar-refractivity contribution is 0.999. The Morgan fingerprint density at radius 3 is 2.79 bits per heavy atom. The summed E-state index contributed by atoms with van der Waals surface area (Å²) < 4.78 is 0. The normalized spacial score (nSPS) is 18.0. The zero-order valence-corrected chi connectivity index (χ0v) is 19.4. The van der Waals surface area contributed by atoms with Crippen molar-refractivity contribution >= 4 is 27.1 Å². The lowest BCUT2D eigenvalue weighted by atomic mass is 10.1. The van der Waals surface area contributed by atoms with Gasteiger partial charge >= 0.3 is 0 Å². The van der Waals surface area contributed by atoms with Gasteiger partial charge in [-0.15, -0.1) is 0 Å². The first-order valence-electron chi connectivity index (χ1n) is 9.99. The maximum atomic E-state index is 3.79. The van der Waals surface area contributed by atoms with Crippen LogP contribution in [-0.4, -0.2) is 0 Å². The van der Waals surface area contributed by atoms with Crippen molar-refractivity contribution in [2.45, 2.75) is 33.6 Å². The van der Waals surface area contributed by atoms with Gasteiger partial charge in [0.05, 0.1) is 0 Å². The minimum atomic E-state index is -0.656. The molecule has 1 aromatic carbocycles. The lowest BCUT2D eigenvalue weighted by Gasteiger charge is -2.25. The van der Waals surface area contributed by atoms with Crippen LogP contribution in [0.5, 0.6) is 0 Å². The van der Waals surface area contributed by atoms with Crippen LogP contribution >= 0.6 is 16.5 Å². The lowest BCUT2D eigenvalue weighted by Crippen LogP contribution is -2.20. The Bertz CT molecular complexity index is 1040. The average molecular weight is 414 g/mol. The van der Waals surface area contributed by atoms with Crippen LogP contribution in [0.25, 0.3) is 0 Å². The van der Waals surface area contributed by atoms with E-state index in [9.17, 15) is 0 Å². The largest absolute Gasteiger partial charge is 0.0991 e. The van der Waals surface area contributed by atoms with Gasteiger partial charge in [0.25, 0.3) is 0 Å². The van der Waals surface area contributed by atoms with Gasteiger partial charge in [-0.05, 0) is 86.1 Å². The molecule has 0 fully saturated rings. The Hall–Kier alpha value is -2.18. The molecule has 0 aromatic heterocycles. The molecule has 0 N–H and O–H groups in total. The fourth-order valence-corrected chi connectivity index (χ4v) is 7.54. The maximum absolute atomic E-state index is 3.79. The molecule has 0 spiro atoms. The summed E-state index contributed by atoms with van der Waals surface area (Å²) in [5.74, 6) is 0. The van der Waals surface area contributed by atoms with Gasteiger partial charge in [-0.1, -0.05) is 87.3 Å². The molecule has 0 bridgehead atoms. The second-order valence-corrected chi connectivity index (χ2v) is 10.8. The van der Waals surface area contributed by atoms with Crippen molar-refractivity contribution in [1.29, 1.82) is 0 Å². The van der Waals surface area contributed by atoms with E-state index in [-0.39, 0.29) is 0 Å². The van der Waals surface area contributed by atoms with Crippen molar-refractivity contribution in [2.75, 3.05) is 0 Å². The molecule has 0 radical (unpaired) electrons. The second-order valence-electron chi connectivity index (χ2n) is 7.14. The molecule has 2 aliphatic rings. The van der Waals surface area contributed by atoms with Crippen LogP contribution in [0.4, 0.5) is 0 Å². The SMILES string of the molecule is C=C/C=C\C=C(/C)P(C1=C=C=CC=C1C)c1ccccc1PC1=C(C)C=CCC1. The van der Waals surface area contributed by atoms with E-state index in [0.29, 0.717) is 0 Å². The van der Waals surface area contributed by atoms with Gasteiger partial charge in [-0.25, -0.2) is 0 Å². The molecule has 2 unspecified atom stereocenters. The first-order valence-corrected chi connectivity index (χ1v) is 12.3. The topological polar surface area (TPSA) is 0 Å². The highest BCUT2D eigenvalue weighted by molar-refractivity contribution is 7.75. The Morgan fingerprint density at radius 2 is 2.03 bits per heavy atom. The molecular formula is C27H28P2. The minimum Gasteiger partial charge on any atom is -0.0991 e. The summed E-state index contributed by atoms with van der Waals surface area (Å²) in [6.07, 6.45) is 19.1. The third-order valence-electron chi connectivity index (χ3n) is 4.98. The number of benzene rings is 1. The Morgan fingerprint density at radius 1 is 1.21 bits per heavy atom. The highest BCUT2D eigenvalue weighted by atomic mass is 31.1. The molecule has 29 heavy (non-hydrogen) atoms. The Kier molecular flexibility index (Phi) is 7.83. The summed E-state index contributed by atoms with van der Waals surface area (Å²) in [5.41, 5.74) is 9.36. The molecular weight excluding hydrogens is 386 g/mol. The monoisotopic (exact) mass is 414 g/mol. The Labute approximate surface area is 178 Å². The summed E-state index contributed by atoms with van der Waals surface area (Å²) in [6.45, 7) is 10.5. The van der Waals surface area contributed by atoms with Crippen LogP contribution in [-0.2, 0) is 0 Å². The first kappa shape index (κ1) is 21.5. The van der Waals surface area contributed by atoms with E-state index in [1.807, 2.05) is 18.2 Å². The van der Waals surface area contributed by atoms with Crippen LogP contribution in [0.3, 0.4) is 0 Å². The van der Waals surface area contributed by atoms with Crippen molar-refractivity contribution in [1.82, 2.24) is 0 Å². The number of rotatable bonds is 7. The average Bonchev–Trinajstić information content (AvgIpc) is 2.73. The smallest absolute Gasteiger partial charge is 0.0374 e. The highest BCUT2D eigenvalue weighted by Gasteiger charge is 2.23. The molecule has 1 aromatic rings. The third kappa shape index (κ3) is 5.46. The molecule has 2 aliphatic carbocycles. The fourth-order valence-electron chi connectivity index (χ4n) is 3.40. The third-order valence-corrected chi connectivity index (χ3v) is 9.48.